The molecule has 0 aliphatic rings. The number of benzene rings is 2. The highest BCUT2D eigenvalue weighted by molar-refractivity contribution is 6.30. The Balaban J connectivity index is 2.02. The average molecular weight is 331 g/mol. The molecule has 0 aliphatic carbocycles. The first-order valence-electron chi connectivity index (χ1n) is 6.84. The molecule has 0 atom stereocenters. The molecule has 0 spiro atoms. The van der Waals surface area contributed by atoms with Crippen molar-refractivity contribution in [1.29, 1.82) is 0 Å². The molecule has 0 saturated heterocycles. The summed E-state index contributed by atoms with van der Waals surface area (Å²) >= 11 is 5.89. The molecular weight excluding hydrogens is 319 g/mol. The zero-order chi connectivity index (χ0) is 16.4. The maximum Gasteiger partial charge on any atom is 0.356 e. The van der Waals surface area contributed by atoms with Crippen LogP contribution in [0.3, 0.4) is 0 Å². The fourth-order valence-corrected chi connectivity index (χ4v) is 2.38. The first-order valence-corrected chi connectivity index (χ1v) is 7.22. The van der Waals surface area contributed by atoms with Crippen LogP contribution in [0, 0.1) is 5.82 Å². The number of carbonyl (C=O) groups is 1. The Bertz CT molecular complexity index is 842. The van der Waals surface area contributed by atoms with E-state index in [1.807, 2.05) is 0 Å². The Hall–Kier alpha value is -2.66. The molecule has 116 valence electrons. The predicted molar refractivity (Wildman–Crippen MR) is 85.1 cm³/mol. The highest BCUT2D eigenvalue weighted by Gasteiger charge is 2.15. The molecule has 3 rings (SSSR count). The zero-order valence-electron chi connectivity index (χ0n) is 11.9. The van der Waals surface area contributed by atoms with E-state index in [0.29, 0.717) is 17.3 Å². The zero-order valence-corrected chi connectivity index (χ0v) is 12.7. The minimum Gasteiger partial charge on any atom is -0.476 e. The van der Waals surface area contributed by atoms with Gasteiger partial charge in [0.1, 0.15) is 5.82 Å². The number of aromatic nitrogens is 2. The van der Waals surface area contributed by atoms with Gasteiger partial charge in [-0.3, -0.25) is 4.68 Å². The normalized spacial score (nSPS) is 10.7. The number of aromatic carboxylic acids is 1. The first kappa shape index (κ1) is 15.2. The largest absolute Gasteiger partial charge is 0.476 e. The molecule has 1 heterocycles. The second kappa shape index (κ2) is 6.22. The Kier molecular flexibility index (Phi) is 4.12. The number of hydrogen-bond acceptors (Lipinski definition) is 2. The number of carboxylic acids is 1. The molecule has 0 unspecified atom stereocenters. The van der Waals surface area contributed by atoms with Crippen LogP contribution >= 0.6 is 11.6 Å². The van der Waals surface area contributed by atoms with Crippen molar-refractivity contribution in [1.82, 2.24) is 9.78 Å². The summed E-state index contributed by atoms with van der Waals surface area (Å²) in [6.45, 7) is 0.339. The molecule has 0 radical (unpaired) electrons. The summed E-state index contributed by atoms with van der Waals surface area (Å²) in [4.78, 5) is 11.2. The van der Waals surface area contributed by atoms with Crippen molar-refractivity contribution in [2.75, 3.05) is 0 Å². The summed E-state index contributed by atoms with van der Waals surface area (Å²) in [7, 11) is 0. The van der Waals surface area contributed by atoms with E-state index in [0.717, 1.165) is 11.1 Å². The van der Waals surface area contributed by atoms with E-state index in [1.54, 1.807) is 41.1 Å². The molecule has 6 heteroatoms. The van der Waals surface area contributed by atoms with E-state index in [2.05, 4.69) is 5.10 Å². The molecule has 0 saturated carbocycles. The lowest BCUT2D eigenvalue weighted by Gasteiger charge is -2.08. The third-order valence-electron chi connectivity index (χ3n) is 3.38. The monoisotopic (exact) mass is 330 g/mol. The van der Waals surface area contributed by atoms with E-state index in [-0.39, 0.29) is 11.5 Å². The quantitative estimate of drug-likeness (QED) is 0.784. The lowest BCUT2D eigenvalue weighted by molar-refractivity contribution is 0.0689. The van der Waals surface area contributed by atoms with Gasteiger partial charge in [0, 0.05) is 5.02 Å². The molecule has 1 aromatic heterocycles. The van der Waals surface area contributed by atoms with Gasteiger partial charge in [-0.15, -0.1) is 0 Å². The lowest BCUT2D eigenvalue weighted by Crippen LogP contribution is -2.06. The molecule has 0 amide bonds. The fraction of sp³-hybridized carbons (Fsp3) is 0.0588. The van der Waals surface area contributed by atoms with Gasteiger partial charge in [0.05, 0.1) is 12.2 Å². The highest BCUT2D eigenvalue weighted by Crippen LogP contribution is 2.23. The fourth-order valence-electron chi connectivity index (χ4n) is 2.26. The summed E-state index contributed by atoms with van der Waals surface area (Å²) in [5, 5.41) is 13.9. The first-order chi connectivity index (χ1) is 11.0. The van der Waals surface area contributed by atoms with Crippen LogP contribution in [0.15, 0.2) is 54.6 Å². The Morgan fingerprint density at radius 2 is 1.78 bits per heavy atom. The van der Waals surface area contributed by atoms with Crippen LogP contribution in [0.1, 0.15) is 16.1 Å². The summed E-state index contributed by atoms with van der Waals surface area (Å²) in [6.07, 6.45) is 0. The van der Waals surface area contributed by atoms with Gasteiger partial charge < -0.3 is 5.11 Å². The molecule has 23 heavy (non-hydrogen) atoms. The summed E-state index contributed by atoms with van der Waals surface area (Å²) in [5.74, 6) is -1.42. The molecule has 0 bridgehead atoms. The molecule has 4 nitrogen and oxygen atoms in total. The molecule has 3 aromatic rings. The number of hydrogen-bond donors (Lipinski definition) is 1. The third-order valence-corrected chi connectivity index (χ3v) is 3.64. The van der Waals surface area contributed by atoms with Gasteiger partial charge in [0.15, 0.2) is 5.69 Å². The van der Waals surface area contributed by atoms with E-state index in [9.17, 15) is 9.18 Å². The van der Waals surface area contributed by atoms with Crippen molar-refractivity contribution in [2.24, 2.45) is 0 Å². The second-order valence-corrected chi connectivity index (χ2v) is 5.45. The number of rotatable bonds is 4. The van der Waals surface area contributed by atoms with Crippen LogP contribution < -0.4 is 0 Å². The van der Waals surface area contributed by atoms with Gasteiger partial charge in [-0.2, -0.15) is 5.10 Å². The standard InChI is InChI=1S/C17H12ClFN2O2/c18-13-5-3-12(4-6-13)16-9-15(17(22)23)20-21(16)10-11-1-7-14(19)8-2-11/h1-9H,10H2,(H,22,23). The van der Waals surface area contributed by atoms with Gasteiger partial charge in [-0.25, -0.2) is 9.18 Å². The van der Waals surface area contributed by atoms with E-state index in [1.165, 1.54) is 18.2 Å². The minimum atomic E-state index is -1.10. The lowest BCUT2D eigenvalue weighted by atomic mass is 10.1. The predicted octanol–water partition coefficient (Wildman–Crippen LogP) is 4.09. The average Bonchev–Trinajstić information content (AvgIpc) is 2.94. The van der Waals surface area contributed by atoms with Gasteiger partial charge in [0.2, 0.25) is 0 Å². The van der Waals surface area contributed by atoms with Crippen molar-refractivity contribution in [3.63, 3.8) is 0 Å². The SMILES string of the molecule is O=C(O)c1cc(-c2ccc(Cl)cc2)n(Cc2ccc(F)cc2)n1. The number of carboxylic acid groups (broad SMARTS) is 1. The maximum atomic E-state index is 13.0. The molecule has 0 fully saturated rings. The number of halogens is 2. The third kappa shape index (κ3) is 3.40. The van der Waals surface area contributed by atoms with Crippen LogP contribution in [-0.4, -0.2) is 20.9 Å². The van der Waals surface area contributed by atoms with Crippen LogP contribution in [-0.2, 0) is 6.54 Å². The molecule has 1 N–H and O–H groups in total. The van der Waals surface area contributed by atoms with Crippen molar-refractivity contribution in [2.45, 2.75) is 6.54 Å². The van der Waals surface area contributed by atoms with Crippen LogP contribution in [0.2, 0.25) is 5.02 Å². The van der Waals surface area contributed by atoms with Crippen LogP contribution in [0.25, 0.3) is 11.3 Å². The van der Waals surface area contributed by atoms with Gasteiger partial charge in [0.25, 0.3) is 0 Å². The summed E-state index contributed by atoms with van der Waals surface area (Å²) in [6, 6.07) is 14.6. The summed E-state index contributed by atoms with van der Waals surface area (Å²) < 4.78 is 14.6. The summed E-state index contributed by atoms with van der Waals surface area (Å²) in [5.41, 5.74) is 2.23. The Morgan fingerprint density at radius 1 is 1.13 bits per heavy atom. The maximum absolute atomic E-state index is 13.0. The smallest absolute Gasteiger partial charge is 0.356 e. The van der Waals surface area contributed by atoms with Gasteiger partial charge >= 0.3 is 5.97 Å². The van der Waals surface area contributed by atoms with Crippen molar-refractivity contribution < 1.29 is 14.3 Å². The molecule has 2 aromatic carbocycles. The topological polar surface area (TPSA) is 55.1 Å². The van der Waals surface area contributed by atoms with Crippen LogP contribution in [0.4, 0.5) is 4.39 Å². The van der Waals surface area contributed by atoms with Crippen LogP contribution in [0.5, 0.6) is 0 Å². The van der Waals surface area contributed by atoms with Crippen molar-refractivity contribution in [3.05, 3.63) is 76.7 Å². The van der Waals surface area contributed by atoms with E-state index < -0.39 is 5.97 Å². The molecule has 0 aliphatic heterocycles. The van der Waals surface area contributed by atoms with Crippen molar-refractivity contribution >= 4 is 17.6 Å². The van der Waals surface area contributed by atoms with Crippen molar-refractivity contribution in [3.8, 4) is 11.3 Å². The second-order valence-electron chi connectivity index (χ2n) is 5.01. The Morgan fingerprint density at radius 3 is 2.39 bits per heavy atom. The van der Waals surface area contributed by atoms with Gasteiger partial charge in [-0.05, 0) is 41.5 Å². The van der Waals surface area contributed by atoms with E-state index >= 15 is 0 Å². The molecular formula is C17H12ClFN2O2. The number of nitrogens with zero attached hydrogens (tertiary/aromatic N) is 2. The van der Waals surface area contributed by atoms with Gasteiger partial charge in [-0.1, -0.05) is 35.9 Å². The Labute approximate surface area is 136 Å². The van der Waals surface area contributed by atoms with E-state index in [4.69, 9.17) is 16.7 Å². The minimum absolute atomic E-state index is 0.0444. The highest BCUT2D eigenvalue weighted by atomic mass is 35.5.